The van der Waals surface area contributed by atoms with Gasteiger partial charge in [0.25, 0.3) is 0 Å². The molecule has 0 aliphatic carbocycles. The molecule has 2 amide bonds. The molecular formula is C20H21FN2O3. The number of nitrogens with zero attached hydrogens (tertiary/aromatic N) is 1. The van der Waals surface area contributed by atoms with Crippen LogP contribution in [0.4, 0.5) is 10.1 Å². The van der Waals surface area contributed by atoms with Crippen LogP contribution in [-0.4, -0.2) is 36.9 Å². The predicted octanol–water partition coefficient (Wildman–Crippen LogP) is 3.33. The molecule has 0 atom stereocenters. The summed E-state index contributed by atoms with van der Waals surface area (Å²) in [6, 6.07) is 12.8. The molecule has 0 spiro atoms. The molecule has 0 aliphatic heterocycles. The lowest BCUT2D eigenvalue weighted by Gasteiger charge is -2.19. The number of anilines is 1. The van der Waals surface area contributed by atoms with Crippen molar-refractivity contribution >= 4 is 23.6 Å². The Balaban J connectivity index is 1.97. The number of carbonyl (C=O) groups excluding carboxylic acids is 2. The fraction of sp³-hybridized carbons (Fsp3) is 0.200. The molecule has 0 unspecified atom stereocenters. The topological polar surface area (TPSA) is 58.6 Å². The Morgan fingerprint density at radius 2 is 1.85 bits per heavy atom. The Hall–Kier alpha value is -3.15. The fourth-order valence-corrected chi connectivity index (χ4v) is 2.30. The van der Waals surface area contributed by atoms with Gasteiger partial charge in [0.05, 0.1) is 12.8 Å². The number of hydrogen-bond donors (Lipinski definition) is 1. The number of ether oxygens (including phenoxy) is 1. The standard InChI is InChI=1S/C20H21FN2O3/c1-3-23(20(25)13-10-15-8-11-16(21)12-9-15)14-19(24)22-17-6-4-5-7-18(17)26-2/h4-13H,3,14H2,1-2H3,(H,22,24)/b13-10+. The first-order valence-corrected chi connectivity index (χ1v) is 8.19. The third-order valence-electron chi connectivity index (χ3n) is 3.70. The monoisotopic (exact) mass is 356 g/mol. The molecule has 0 saturated carbocycles. The Bertz CT molecular complexity index is 788. The summed E-state index contributed by atoms with van der Waals surface area (Å²) in [7, 11) is 1.52. The lowest BCUT2D eigenvalue weighted by Crippen LogP contribution is -2.36. The highest BCUT2D eigenvalue weighted by atomic mass is 19.1. The van der Waals surface area contributed by atoms with Gasteiger partial charge in [0.15, 0.2) is 0 Å². The van der Waals surface area contributed by atoms with E-state index in [1.807, 2.05) is 0 Å². The van der Waals surface area contributed by atoms with Gasteiger partial charge in [-0.2, -0.15) is 0 Å². The Kier molecular flexibility index (Phi) is 6.91. The van der Waals surface area contributed by atoms with Crippen molar-refractivity contribution in [1.82, 2.24) is 4.90 Å². The van der Waals surface area contributed by atoms with Crippen LogP contribution in [0.25, 0.3) is 6.08 Å². The first-order valence-electron chi connectivity index (χ1n) is 8.19. The van der Waals surface area contributed by atoms with Gasteiger partial charge in [0.1, 0.15) is 18.1 Å². The summed E-state index contributed by atoms with van der Waals surface area (Å²) < 4.78 is 18.1. The molecule has 0 radical (unpaired) electrons. The van der Waals surface area contributed by atoms with Crippen LogP contribution in [0, 0.1) is 5.82 Å². The van der Waals surface area contributed by atoms with E-state index >= 15 is 0 Å². The van der Waals surface area contributed by atoms with Crippen molar-refractivity contribution in [3.05, 3.63) is 66.0 Å². The maximum absolute atomic E-state index is 12.9. The summed E-state index contributed by atoms with van der Waals surface area (Å²) in [5.41, 5.74) is 1.25. The van der Waals surface area contributed by atoms with Crippen LogP contribution in [0.2, 0.25) is 0 Å². The zero-order valence-electron chi connectivity index (χ0n) is 14.7. The normalized spacial score (nSPS) is 10.6. The lowest BCUT2D eigenvalue weighted by atomic mass is 10.2. The van der Waals surface area contributed by atoms with Crippen LogP contribution in [0.3, 0.4) is 0 Å². The number of para-hydroxylation sites is 2. The van der Waals surface area contributed by atoms with E-state index in [1.54, 1.807) is 49.4 Å². The van der Waals surface area contributed by atoms with Gasteiger partial charge in [0, 0.05) is 12.6 Å². The van der Waals surface area contributed by atoms with E-state index < -0.39 is 0 Å². The number of nitrogens with one attached hydrogen (secondary N) is 1. The molecule has 26 heavy (non-hydrogen) atoms. The minimum atomic E-state index is -0.336. The van der Waals surface area contributed by atoms with Crippen molar-refractivity contribution in [3.63, 3.8) is 0 Å². The first kappa shape index (κ1) is 19.2. The largest absolute Gasteiger partial charge is 0.495 e. The molecule has 5 nitrogen and oxygen atoms in total. The molecular weight excluding hydrogens is 335 g/mol. The molecule has 6 heteroatoms. The highest BCUT2D eigenvalue weighted by molar-refractivity contribution is 5.98. The molecule has 0 bridgehead atoms. The SMILES string of the molecule is CCN(CC(=O)Nc1ccccc1OC)C(=O)/C=C/c1ccc(F)cc1. The molecule has 0 aliphatic rings. The molecule has 136 valence electrons. The maximum Gasteiger partial charge on any atom is 0.247 e. The van der Waals surface area contributed by atoms with Gasteiger partial charge in [-0.3, -0.25) is 9.59 Å². The number of rotatable bonds is 7. The summed E-state index contributed by atoms with van der Waals surface area (Å²) in [5.74, 6) is -0.407. The summed E-state index contributed by atoms with van der Waals surface area (Å²) >= 11 is 0. The first-order chi connectivity index (χ1) is 12.5. The second-order valence-corrected chi connectivity index (χ2v) is 5.49. The summed E-state index contributed by atoms with van der Waals surface area (Å²) in [6.07, 6.45) is 2.95. The van der Waals surface area contributed by atoms with Gasteiger partial charge in [-0.05, 0) is 42.8 Å². The van der Waals surface area contributed by atoms with Crippen molar-refractivity contribution in [1.29, 1.82) is 0 Å². The minimum absolute atomic E-state index is 0.0822. The van der Waals surface area contributed by atoms with Crippen LogP contribution in [0.5, 0.6) is 5.75 Å². The number of hydrogen-bond acceptors (Lipinski definition) is 3. The van der Waals surface area contributed by atoms with E-state index in [1.165, 1.54) is 30.2 Å². The second-order valence-electron chi connectivity index (χ2n) is 5.49. The summed E-state index contributed by atoms with van der Waals surface area (Å²) in [5, 5.41) is 2.74. The Morgan fingerprint density at radius 3 is 2.50 bits per heavy atom. The third kappa shape index (κ3) is 5.44. The Morgan fingerprint density at radius 1 is 1.15 bits per heavy atom. The molecule has 0 aromatic heterocycles. The third-order valence-corrected chi connectivity index (χ3v) is 3.70. The van der Waals surface area contributed by atoms with Crippen LogP contribution < -0.4 is 10.1 Å². The number of amides is 2. The van der Waals surface area contributed by atoms with Crippen molar-refractivity contribution in [2.24, 2.45) is 0 Å². The van der Waals surface area contributed by atoms with Gasteiger partial charge < -0.3 is 15.0 Å². The highest BCUT2D eigenvalue weighted by Crippen LogP contribution is 2.22. The van der Waals surface area contributed by atoms with E-state index in [0.717, 1.165) is 0 Å². The van der Waals surface area contributed by atoms with E-state index in [4.69, 9.17) is 4.74 Å². The van der Waals surface area contributed by atoms with Crippen LogP contribution in [0.1, 0.15) is 12.5 Å². The van der Waals surface area contributed by atoms with Gasteiger partial charge in [-0.15, -0.1) is 0 Å². The Labute approximate surface area is 152 Å². The zero-order chi connectivity index (χ0) is 18.9. The van der Waals surface area contributed by atoms with Gasteiger partial charge in [0.2, 0.25) is 11.8 Å². The molecule has 0 fully saturated rings. The quantitative estimate of drug-likeness (QED) is 0.774. The van der Waals surface area contributed by atoms with Crippen LogP contribution in [-0.2, 0) is 9.59 Å². The molecule has 1 N–H and O–H groups in total. The molecule has 2 aromatic rings. The maximum atomic E-state index is 12.9. The number of methoxy groups -OCH3 is 1. The number of likely N-dealkylation sites (N-methyl/N-ethyl adjacent to an activating group) is 1. The molecule has 2 rings (SSSR count). The van der Waals surface area contributed by atoms with Crippen molar-refractivity contribution in [3.8, 4) is 5.75 Å². The molecule has 0 heterocycles. The van der Waals surface area contributed by atoms with Crippen molar-refractivity contribution < 1.29 is 18.7 Å². The highest BCUT2D eigenvalue weighted by Gasteiger charge is 2.14. The van der Waals surface area contributed by atoms with Gasteiger partial charge >= 0.3 is 0 Å². The van der Waals surface area contributed by atoms with E-state index in [2.05, 4.69) is 5.32 Å². The fourth-order valence-electron chi connectivity index (χ4n) is 2.30. The van der Waals surface area contributed by atoms with Gasteiger partial charge in [-0.1, -0.05) is 24.3 Å². The van der Waals surface area contributed by atoms with E-state index in [9.17, 15) is 14.0 Å². The average Bonchev–Trinajstić information content (AvgIpc) is 2.65. The van der Waals surface area contributed by atoms with E-state index in [0.29, 0.717) is 23.5 Å². The average molecular weight is 356 g/mol. The molecule has 2 aromatic carbocycles. The minimum Gasteiger partial charge on any atom is -0.495 e. The summed E-state index contributed by atoms with van der Waals surface area (Å²) in [6.45, 7) is 2.09. The van der Waals surface area contributed by atoms with Gasteiger partial charge in [-0.25, -0.2) is 4.39 Å². The zero-order valence-corrected chi connectivity index (χ0v) is 14.7. The smallest absolute Gasteiger partial charge is 0.247 e. The van der Waals surface area contributed by atoms with E-state index in [-0.39, 0.29) is 24.2 Å². The predicted molar refractivity (Wildman–Crippen MR) is 99.3 cm³/mol. The lowest BCUT2D eigenvalue weighted by molar-refractivity contribution is -0.130. The second kappa shape index (κ2) is 9.36. The van der Waals surface area contributed by atoms with Crippen molar-refractivity contribution in [2.75, 3.05) is 25.5 Å². The summed E-state index contributed by atoms with van der Waals surface area (Å²) in [4.78, 5) is 25.9. The number of halogens is 1. The number of carbonyl (C=O) groups is 2. The van der Waals surface area contributed by atoms with Crippen molar-refractivity contribution in [2.45, 2.75) is 6.92 Å². The number of benzene rings is 2. The van der Waals surface area contributed by atoms with Crippen LogP contribution in [0.15, 0.2) is 54.6 Å². The van der Waals surface area contributed by atoms with Crippen LogP contribution >= 0.6 is 0 Å². The molecule has 0 saturated heterocycles.